The van der Waals surface area contributed by atoms with Crippen molar-refractivity contribution in [2.75, 3.05) is 11.9 Å². The first kappa shape index (κ1) is 13.0. The maximum Gasteiger partial charge on any atom is 0.222 e. The fourth-order valence-corrected chi connectivity index (χ4v) is 1.54. The Hall–Kier alpha value is -1.10. The van der Waals surface area contributed by atoms with E-state index in [1.807, 2.05) is 0 Å². The summed E-state index contributed by atoms with van der Waals surface area (Å²) in [6, 6.07) is 3.08. The zero-order valence-corrected chi connectivity index (χ0v) is 10.8. The second kappa shape index (κ2) is 5.30. The summed E-state index contributed by atoms with van der Waals surface area (Å²) < 4.78 is 13.5. The Morgan fingerprint density at radius 1 is 1.62 bits per heavy atom. The van der Waals surface area contributed by atoms with Crippen LogP contribution < -0.4 is 11.1 Å². The molecule has 0 bridgehead atoms. The van der Waals surface area contributed by atoms with Gasteiger partial charge in [0.1, 0.15) is 5.82 Å². The van der Waals surface area contributed by atoms with Crippen LogP contribution in [0.25, 0.3) is 0 Å². The van der Waals surface area contributed by atoms with Gasteiger partial charge >= 0.3 is 0 Å². The summed E-state index contributed by atoms with van der Waals surface area (Å²) in [4.78, 5) is 10.8. The minimum absolute atomic E-state index is 0.261. The van der Waals surface area contributed by atoms with Gasteiger partial charge in [-0.25, -0.2) is 4.39 Å². The number of anilines is 1. The summed E-state index contributed by atoms with van der Waals surface area (Å²) >= 11 is 3.11. The molecular formula is C11H14BrFN2O. The predicted octanol–water partition coefficient (Wildman–Crippen LogP) is 2.43. The molecule has 1 aromatic carbocycles. The maximum absolute atomic E-state index is 13.1. The lowest BCUT2D eigenvalue weighted by Crippen LogP contribution is -2.26. The van der Waals surface area contributed by atoms with E-state index in [2.05, 4.69) is 21.2 Å². The molecule has 1 rings (SSSR count). The van der Waals surface area contributed by atoms with Gasteiger partial charge in [0.2, 0.25) is 5.91 Å². The number of amides is 1. The average molecular weight is 289 g/mol. The van der Waals surface area contributed by atoms with Crippen LogP contribution in [0.4, 0.5) is 10.1 Å². The van der Waals surface area contributed by atoms with Crippen LogP contribution in [0.3, 0.4) is 0 Å². The standard InChI is InChI=1S/C11H14BrFN2O/c1-6-3-9(13)8(12)4-10(6)15-5-7(2)11(14)16/h3-4,7,15H,5H2,1-2H3,(H2,14,16). The van der Waals surface area contributed by atoms with Crippen LogP contribution in [0.15, 0.2) is 16.6 Å². The van der Waals surface area contributed by atoms with Gasteiger partial charge in [0.05, 0.1) is 10.4 Å². The summed E-state index contributed by atoms with van der Waals surface area (Å²) in [5.74, 6) is -0.916. The highest BCUT2D eigenvalue weighted by Gasteiger charge is 2.10. The number of halogens is 2. The van der Waals surface area contributed by atoms with Crippen LogP contribution in [0, 0.1) is 18.7 Å². The predicted molar refractivity (Wildman–Crippen MR) is 65.7 cm³/mol. The van der Waals surface area contributed by atoms with Gasteiger partial charge in [-0.3, -0.25) is 4.79 Å². The zero-order valence-electron chi connectivity index (χ0n) is 9.18. The number of carbonyl (C=O) groups excluding carboxylic acids is 1. The molecule has 0 aliphatic heterocycles. The molecule has 3 nitrogen and oxygen atoms in total. The van der Waals surface area contributed by atoms with Gasteiger partial charge in [0.25, 0.3) is 0 Å². The third kappa shape index (κ3) is 3.20. The SMILES string of the molecule is Cc1cc(F)c(Br)cc1NCC(C)C(N)=O. The molecule has 16 heavy (non-hydrogen) atoms. The van der Waals surface area contributed by atoms with Crippen molar-refractivity contribution in [2.45, 2.75) is 13.8 Å². The van der Waals surface area contributed by atoms with Gasteiger partial charge in [-0.05, 0) is 40.5 Å². The molecule has 0 spiro atoms. The average Bonchev–Trinajstić information content (AvgIpc) is 2.20. The minimum Gasteiger partial charge on any atom is -0.384 e. The fraction of sp³-hybridized carbons (Fsp3) is 0.364. The first-order chi connectivity index (χ1) is 7.41. The van der Waals surface area contributed by atoms with E-state index >= 15 is 0 Å². The molecule has 1 amide bonds. The Balaban J connectivity index is 2.74. The summed E-state index contributed by atoms with van der Waals surface area (Å²) in [6.45, 7) is 3.98. The van der Waals surface area contributed by atoms with Crippen LogP contribution in [0.2, 0.25) is 0 Å². The van der Waals surface area contributed by atoms with E-state index in [4.69, 9.17) is 5.73 Å². The molecular weight excluding hydrogens is 275 g/mol. The number of nitrogens with one attached hydrogen (secondary N) is 1. The minimum atomic E-state index is -0.355. The van der Waals surface area contributed by atoms with Crippen molar-refractivity contribution in [1.29, 1.82) is 0 Å². The summed E-state index contributed by atoms with van der Waals surface area (Å²) in [6.07, 6.45) is 0. The Morgan fingerprint density at radius 3 is 2.81 bits per heavy atom. The van der Waals surface area contributed by atoms with Crippen LogP contribution in [-0.4, -0.2) is 12.5 Å². The topological polar surface area (TPSA) is 55.1 Å². The molecule has 0 aliphatic carbocycles. The molecule has 0 heterocycles. The number of benzene rings is 1. The highest BCUT2D eigenvalue weighted by Crippen LogP contribution is 2.24. The molecule has 88 valence electrons. The Bertz CT molecular complexity index is 409. The molecule has 0 aliphatic rings. The van der Waals surface area contributed by atoms with E-state index in [1.165, 1.54) is 6.07 Å². The molecule has 0 aromatic heterocycles. The molecule has 3 N–H and O–H groups in total. The maximum atomic E-state index is 13.1. The first-order valence-electron chi connectivity index (χ1n) is 4.90. The molecule has 1 atom stereocenters. The second-order valence-electron chi connectivity index (χ2n) is 3.77. The molecule has 1 aromatic rings. The summed E-state index contributed by atoms with van der Waals surface area (Å²) in [7, 11) is 0. The van der Waals surface area contributed by atoms with Gasteiger partial charge < -0.3 is 11.1 Å². The number of aryl methyl sites for hydroxylation is 1. The number of hydrogen-bond donors (Lipinski definition) is 2. The quantitative estimate of drug-likeness (QED) is 0.894. The third-order valence-electron chi connectivity index (χ3n) is 2.35. The number of nitrogens with two attached hydrogens (primary N) is 1. The number of carbonyl (C=O) groups is 1. The summed E-state index contributed by atoms with van der Waals surface area (Å²) in [5, 5.41) is 3.06. The van der Waals surface area contributed by atoms with Crippen molar-refractivity contribution in [2.24, 2.45) is 11.7 Å². The van der Waals surface area contributed by atoms with Gasteiger partial charge in [-0.2, -0.15) is 0 Å². The second-order valence-corrected chi connectivity index (χ2v) is 4.62. The normalized spacial score (nSPS) is 12.2. The number of rotatable bonds is 4. The lowest BCUT2D eigenvalue weighted by Gasteiger charge is -2.13. The smallest absolute Gasteiger partial charge is 0.222 e. The van der Waals surface area contributed by atoms with Crippen molar-refractivity contribution in [1.82, 2.24) is 0 Å². The molecule has 1 unspecified atom stereocenters. The van der Waals surface area contributed by atoms with E-state index in [9.17, 15) is 9.18 Å². The van der Waals surface area contributed by atoms with E-state index in [-0.39, 0.29) is 17.6 Å². The van der Waals surface area contributed by atoms with Gasteiger partial charge in [-0.1, -0.05) is 6.92 Å². The van der Waals surface area contributed by atoms with E-state index in [1.54, 1.807) is 19.9 Å². The van der Waals surface area contributed by atoms with E-state index < -0.39 is 0 Å². The van der Waals surface area contributed by atoms with E-state index in [0.717, 1.165) is 11.3 Å². The van der Waals surface area contributed by atoms with Crippen molar-refractivity contribution in [3.05, 3.63) is 28.0 Å². The number of primary amides is 1. The number of hydrogen-bond acceptors (Lipinski definition) is 2. The Labute approximate surface area is 102 Å². The van der Waals surface area contributed by atoms with Crippen molar-refractivity contribution in [3.8, 4) is 0 Å². The summed E-state index contributed by atoms with van der Waals surface area (Å²) in [5.41, 5.74) is 6.73. The molecule has 0 radical (unpaired) electrons. The van der Waals surface area contributed by atoms with Crippen molar-refractivity contribution < 1.29 is 9.18 Å². The van der Waals surface area contributed by atoms with Crippen LogP contribution in [0.5, 0.6) is 0 Å². The third-order valence-corrected chi connectivity index (χ3v) is 2.96. The van der Waals surface area contributed by atoms with Crippen LogP contribution in [0.1, 0.15) is 12.5 Å². The highest BCUT2D eigenvalue weighted by atomic mass is 79.9. The van der Waals surface area contributed by atoms with Gasteiger partial charge in [0.15, 0.2) is 0 Å². The van der Waals surface area contributed by atoms with Crippen LogP contribution >= 0.6 is 15.9 Å². The van der Waals surface area contributed by atoms with Crippen molar-refractivity contribution in [3.63, 3.8) is 0 Å². The van der Waals surface area contributed by atoms with Gasteiger partial charge in [0, 0.05) is 12.2 Å². The molecule has 5 heteroatoms. The monoisotopic (exact) mass is 288 g/mol. The molecule has 0 fully saturated rings. The van der Waals surface area contributed by atoms with Crippen LogP contribution in [-0.2, 0) is 4.79 Å². The molecule has 0 saturated carbocycles. The van der Waals surface area contributed by atoms with Gasteiger partial charge in [-0.15, -0.1) is 0 Å². The zero-order chi connectivity index (χ0) is 12.3. The Kier molecular flexibility index (Phi) is 4.29. The first-order valence-corrected chi connectivity index (χ1v) is 5.70. The Morgan fingerprint density at radius 2 is 2.25 bits per heavy atom. The molecule has 0 saturated heterocycles. The lowest BCUT2D eigenvalue weighted by atomic mass is 10.1. The fourth-order valence-electron chi connectivity index (χ4n) is 1.20. The van der Waals surface area contributed by atoms with Crippen molar-refractivity contribution >= 4 is 27.5 Å². The largest absolute Gasteiger partial charge is 0.384 e. The lowest BCUT2D eigenvalue weighted by molar-refractivity contribution is -0.120. The van der Waals surface area contributed by atoms with E-state index in [0.29, 0.717) is 11.0 Å². The highest BCUT2D eigenvalue weighted by molar-refractivity contribution is 9.10.